The molecule has 3 atom stereocenters. The minimum absolute atomic E-state index is 0.0162. The highest BCUT2D eigenvalue weighted by atomic mass is 16.5. The van der Waals surface area contributed by atoms with Gasteiger partial charge in [-0.25, -0.2) is 0 Å². The lowest BCUT2D eigenvalue weighted by atomic mass is 9.72. The maximum absolute atomic E-state index is 11.2. The van der Waals surface area contributed by atoms with E-state index in [2.05, 4.69) is 58.9 Å². The number of aromatic nitrogens is 1. The third-order valence-electron chi connectivity index (χ3n) is 7.80. The Labute approximate surface area is 187 Å². The van der Waals surface area contributed by atoms with E-state index >= 15 is 0 Å². The van der Waals surface area contributed by atoms with Crippen molar-refractivity contribution in [3.63, 3.8) is 0 Å². The molecule has 31 heavy (non-hydrogen) atoms. The predicted molar refractivity (Wildman–Crippen MR) is 124 cm³/mol. The SMILES string of the molecule is CC(C)c1ccc([C@H]2OC(C)c3c4c(nc(C5CCCC5)c32)CC(C)(C)CC4O)cc1. The summed E-state index contributed by atoms with van der Waals surface area (Å²) in [7, 11) is 0. The average Bonchev–Trinajstić information content (AvgIpc) is 3.35. The number of fused-ring (bicyclic) bond motifs is 3. The van der Waals surface area contributed by atoms with Crippen LogP contribution in [0.5, 0.6) is 0 Å². The van der Waals surface area contributed by atoms with Crippen molar-refractivity contribution in [3.05, 3.63) is 63.5 Å². The van der Waals surface area contributed by atoms with Crippen molar-refractivity contribution >= 4 is 0 Å². The zero-order valence-electron chi connectivity index (χ0n) is 19.7. The second kappa shape index (κ2) is 7.71. The number of nitrogens with zero attached hydrogens (tertiary/aromatic N) is 1. The molecule has 1 saturated carbocycles. The van der Waals surface area contributed by atoms with E-state index in [0.717, 1.165) is 24.1 Å². The first-order valence-electron chi connectivity index (χ1n) is 12.2. The van der Waals surface area contributed by atoms with Gasteiger partial charge < -0.3 is 9.84 Å². The van der Waals surface area contributed by atoms with Crippen molar-refractivity contribution in [2.24, 2.45) is 5.41 Å². The Kier molecular flexibility index (Phi) is 5.26. The van der Waals surface area contributed by atoms with Crippen molar-refractivity contribution in [2.75, 3.05) is 0 Å². The lowest BCUT2D eigenvalue weighted by Gasteiger charge is -2.36. The molecule has 2 aliphatic carbocycles. The van der Waals surface area contributed by atoms with Gasteiger partial charge >= 0.3 is 0 Å². The predicted octanol–water partition coefficient (Wildman–Crippen LogP) is 7.05. The van der Waals surface area contributed by atoms with Gasteiger partial charge in [0.15, 0.2) is 0 Å². The molecular formula is C28H37NO2. The molecule has 2 unspecified atom stereocenters. The van der Waals surface area contributed by atoms with Gasteiger partial charge in [0.25, 0.3) is 0 Å². The Morgan fingerprint density at radius 2 is 1.71 bits per heavy atom. The van der Waals surface area contributed by atoms with Gasteiger partial charge in [0.05, 0.1) is 17.9 Å². The highest BCUT2D eigenvalue weighted by Crippen LogP contribution is 2.53. The number of hydrogen-bond acceptors (Lipinski definition) is 3. The standard InChI is InChI=1S/C28H37NO2/c1-16(2)18-10-12-20(13-11-18)27-25-23(17(3)31-27)24-21(14-28(4,5)15-22(24)30)29-26(25)19-8-6-7-9-19/h10-13,16-17,19,22,27,30H,6-9,14-15H2,1-5H3/t17?,22?,27-/m1/s1. The van der Waals surface area contributed by atoms with E-state index in [9.17, 15) is 5.11 Å². The van der Waals surface area contributed by atoms with Gasteiger partial charge in [-0.1, -0.05) is 64.8 Å². The van der Waals surface area contributed by atoms with Gasteiger partial charge in [-0.3, -0.25) is 4.98 Å². The normalized spacial score (nSPS) is 27.5. The second-order valence-corrected chi connectivity index (χ2v) is 11.2. The van der Waals surface area contributed by atoms with E-state index < -0.39 is 6.10 Å². The number of benzene rings is 1. The van der Waals surface area contributed by atoms with Crippen LogP contribution in [0, 0.1) is 5.41 Å². The van der Waals surface area contributed by atoms with Gasteiger partial charge in [-0.05, 0) is 60.6 Å². The van der Waals surface area contributed by atoms with Crippen LogP contribution in [0.2, 0.25) is 0 Å². The summed E-state index contributed by atoms with van der Waals surface area (Å²) in [5.74, 6) is 1.04. The Morgan fingerprint density at radius 1 is 1.03 bits per heavy atom. The van der Waals surface area contributed by atoms with Crippen molar-refractivity contribution in [3.8, 4) is 0 Å². The molecule has 166 valence electrons. The number of aliphatic hydroxyl groups excluding tert-OH is 1. The summed E-state index contributed by atoms with van der Waals surface area (Å²) >= 11 is 0. The zero-order chi connectivity index (χ0) is 21.9. The van der Waals surface area contributed by atoms with Crippen molar-refractivity contribution in [1.82, 2.24) is 4.98 Å². The molecule has 0 amide bonds. The molecule has 3 aliphatic rings. The Morgan fingerprint density at radius 3 is 2.35 bits per heavy atom. The molecule has 2 heterocycles. The molecule has 1 N–H and O–H groups in total. The third kappa shape index (κ3) is 3.64. The molecule has 1 aliphatic heterocycles. The highest BCUT2D eigenvalue weighted by Gasteiger charge is 2.43. The number of ether oxygens (including phenoxy) is 1. The molecule has 2 aromatic rings. The van der Waals surface area contributed by atoms with Crippen LogP contribution in [0.4, 0.5) is 0 Å². The molecule has 0 saturated heterocycles. The van der Waals surface area contributed by atoms with E-state index in [1.807, 2.05) is 0 Å². The Hall–Kier alpha value is -1.71. The van der Waals surface area contributed by atoms with E-state index in [4.69, 9.17) is 9.72 Å². The van der Waals surface area contributed by atoms with Crippen LogP contribution >= 0.6 is 0 Å². The Balaban J connectivity index is 1.68. The van der Waals surface area contributed by atoms with Crippen molar-refractivity contribution in [1.29, 1.82) is 0 Å². The average molecular weight is 420 g/mol. The van der Waals surface area contributed by atoms with Gasteiger partial charge in [0.1, 0.15) is 6.10 Å². The van der Waals surface area contributed by atoms with Gasteiger partial charge in [-0.2, -0.15) is 0 Å². The van der Waals surface area contributed by atoms with Crippen LogP contribution in [0.1, 0.15) is 136 Å². The number of rotatable bonds is 3. The summed E-state index contributed by atoms with van der Waals surface area (Å²) in [6.07, 6.45) is 6.19. The molecule has 0 spiro atoms. The molecule has 1 fully saturated rings. The van der Waals surface area contributed by atoms with Crippen LogP contribution in [0.3, 0.4) is 0 Å². The monoisotopic (exact) mass is 419 g/mol. The largest absolute Gasteiger partial charge is 0.388 e. The molecule has 0 radical (unpaired) electrons. The van der Waals surface area contributed by atoms with Crippen LogP contribution in [-0.2, 0) is 11.2 Å². The Bertz CT molecular complexity index is 969. The zero-order valence-corrected chi connectivity index (χ0v) is 19.7. The number of aliphatic hydroxyl groups is 1. The summed E-state index contributed by atoms with van der Waals surface area (Å²) < 4.78 is 6.63. The molecule has 3 heteroatoms. The van der Waals surface area contributed by atoms with Gasteiger partial charge in [-0.15, -0.1) is 0 Å². The quantitative estimate of drug-likeness (QED) is 0.579. The minimum atomic E-state index is -0.453. The van der Waals surface area contributed by atoms with E-state index in [0.29, 0.717) is 11.8 Å². The minimum Gasteiger partial charge on any atom is -0.388 e. The first-order valence-corrected chi connectivity index (χ1v) is 12.2. The number of pyridine rings is 1. The second-order valence-electron chi connectivity index (χ2n) is 11.2. The highest BCUT2D eigenvalue weighted by molar-refractivity contribution is 5.52. The maximum atomic E-state index is 11.2. The van der Waals surface area contributed by atoms with Gasteiger partial charge in [0.2, 0.25) is 0 Å². The molecule has 1 aromatic heterocycles. The third-order valence-corrected chi connectivity index (χ3v) is 7.80. The van der Waals surface area contributed by atoms with Crippen molar-refractivity contribution in [2.45, 2.75) is 103 Å². The van der Waals surface area contributed by atoms with Crippen molar-refractivity contribution < 1.29 is 9.84 Å². The summed E-state index contributed by atoms with van der Waals surface area (Å²) in [5.41, 5.74) is 8.62. The van der Waals surface area contributed by atoms with Crippen LogP contribution in [0.15, 0.2) is 24.3 Å². The fraction of sp³-hybridized carbons (Fsp3) is 0.607. The fourth-order valence-electron chi connectivity index (χ4n) is 6.23. The summed E-state index contributed by atoms with van der Waals surface area (Å²) in [6.45, 7) is 11.1. The van der Waals surface area contributed by atoms with Crippen LogP contribution < -0.4 is 0 Å². The summed E-state index contributed by atoms with van der Waals surface area (Å²) in [5, 5.41) is 11.2. The molecule has 1 aromatic carbocycles. The first-order chi connectivity index (χ1) is 14.7. The number of hydrogen-bond donors (Lipinski definition) is 1. The van der Waals surface area contributed by atoms with E-state index in [1.165, 1.54) is 53.6 Å². The van der Waals surface area contributed by atoms with Crippen LogP contribution in [0.25, 0.3) is 0 Å². The molecular weight excluding hydrogens is 382 g/mol. The van der Waals surface area contributed by atoms with Gasteiger partial charge in [0, 0.05) is 22.7 Å². The lowest BCUT2D eigenvalue weighted by molar-refractivity contribution is 0.0422. The summed E-state index contributed by atoms with van der Waals surface area (Å²) in [6, 6.07) is 8.95. The lowest BCUT2D eigenvalue weighted by Crippen LogP contribution is -2.29. The molecule has 3 nitrogen and oxygen atoms in total. The summed E-state index contributed by atoms with van der Waals surface area (Å²) in [4.78, 5) is 5.33. The first kappa shape index (κ1) is 21.2. The van der Waals surface area contributed by atoms with Crippen LogP contribution in [-0.4, -0.2) is 10.1 Å². The van der Waals surface area contributed by atoms with E-state index in [-0.39, 0.29) is 17.6 Å². The maximum Gasteiger partial charge on any atom is 0.110 e. The van der Waals surface area contributed by atoms with E-state index in [1.54, 1.807) is 0 Å². The fourth-order valence-corrected chi connectivity index (χ4v) is 6.23. The molecule has 0 bridgehead atoms. The topological polar surface area (TPSA) is 42.4 Å². The smallest absolute Gasteiger partial charge is 0.110 e. The molecule has 5 rings (SSSR count).